The topological polar surface area (TPSA) is 0 Å². The smallest absolute Gasteiger partial charge is 0 e. The van der Waals surface area contributed by atoms with E-state index in [1.165, 1.54) is 0 Å². The van der Waals surface area contributed by atoms with E-state index in [2.05, 4.69) is 0 Å². The quantitative estimate of drug-likeness (QED) is 0.393. The second-order valence-electron chi connectivity index (χ2n) is 0. The Bertz CT molecular complexity index is 3.61. The zero-order valence-corrected chi connectivity index (χ0v) is 3.00. The van der Waals surface area contributed by atoms with Crippen LogP contribution in [0.15, 0.2) is 0 Å². The molecule has 0 aromatic heterocycles. The molecule has 0 heterocycles. The van der Waals surface area contributed by atoms with Gasteiger partial charge in [-0.15, -0.1) is 0 Å². The molecule has 0 fully saturated rings. The fraction of sp³-hybridized carbons (Fsp3) is 0. The third kappa shape index (κ3) is 18.5. The Labute approximate surface area is 107 Å². The summed E-state index contributed by atoms with van der Waals surface area (Å²) in [5.41, 5.74) is 0. The molecule has 5 heavy (non-hydrogen) atoms. The molecule has 0 spiro atoms. The molecule has 0 aliphatic rings. The normalized spacial score (nSPS) is 0. The second-order valence-corrected chi connectivity index (χ2v) is 0. The van der Waals surface area contributed by atoms with Gasteiger partial charge in [0.1, 0.15) is 0 Å². The largest absolute Gasteiger partial charge is 0 e. The second kappa shape index (κ2) is 25.7. The van der Waals surface area contributed by atoms with Gasteiger partial charge in [0.2, 0.25) is 0 Å². The van der Waals surface area contributed by atoms with Crippen LogP contribution in [0.2, 0.25) is 0 Å². The van der Waals surface area contributed by atoms with E-state index in [9.17, 15) is 0 Å². The van der Waals surface area contributed by atoms with E-state index in [1.54, 1.807) is 0 Å². The van der Waals surface area contributed by atoms with Crippen molar-refractivity contribution in [2.45, 2.75) is 0 Å². The SMILES string of the molecule is [GaH3].[GaH3].[GaH3].[GaH3].[Na]. The number of hydrogen-bond donors (Lipinski definition) is 0. The molecule has 0 saturated carbocycles. The van der Waals surface area contributed by atoms with Crippen molar-refractivity contribution >= 4 is 109 Å². The van der Waals surface area contributed by atoms with Crippen molar-refractivity contribution in [3.8, 4) is 0 Å². The summed E-state index contributed by atoms with van der Waals surface area (Å²) in [5, 5.41) is 0. The molecule has 25 valence electrons. The zero-order chi connectivity index (χ0) is 0. The van der Waals surface area contributed by atoms with Gasteiger partial charge in [-0.05, 0) is 0 Å². The van der Waals surface area contributed by atoms with Crippen molar-refractivity contribution in [1.29, 1.82) is 0 Å². The Morgan fingerprint density at radius 1 is 0.400 bits per heavy atom. The van der Waals surface area contributed by atoms with Gasteiger partial charge >= 0.3 is 79.2 Å². The zero-order valence-electron chi connectivity index (χ0n) is 1.00. The van der Waals surface area contributed by atoms with Crippen molar-refractivity contribution in [2.24, 2.45) is 0 Å². The summed E-state index contributed by atoms with van der Waals surface area (Å²) >= 11 is 0. The molecule has 0 unspecified atom stereocenters. The van der Waals surface area contributed by atoms with Crippen LogP contribution in [0.1, 0.15) is 0 Å². The summed E-state index contributed by atoms with van der Waals surface area (Å²) < 4.78 is 0. The molecule has 1 radical (unpaired) electrons. The summed E-state index contributed by atoms with van der Waals surface area (Å²) in [6.45, 7) is 0. The summed E-state index contributed by atoms with van der Waals surface area (Å²) in [5.74, 6) is 0. The first-order valence-corrected chi connectivity index (χ1v) is 0. The maximum absolute atomic E-state index is 0. The van der Waals surface area contributed by atoms with Gasteiger partial charge in [-0.2, -0.15) is 0 Å². The Hall–Kier alpha value is 3.55. The Balaban J connectivity index is 0. The number of hydrogen-bond acceptors (Lipinski definition) is 0. The third-order valence-corrected chi connectivity index (χ3v) is 0. The standard InChI is InChI=1S/4Ga.Na.12H. The first-order valence-electron chi connectivity index (χ1n) is 0. The summed E-state index contributed by atoms with van der Waals surface area (Å²) in [6, 6.07) is 0. The van der Waals surface area contributed by atoms with Crippen LogP contribution in [0, 0.1) is 0 Å². The van der Waals surface area contributed by atoms with Crippen LogP contribution in [0.5, 0.6) is 0 Å². The van der Waals surface area contributed by atoms with Gasteiger partial charge in [0, 0.05) is 29.6 Å². The molecule has 5 heteroatoms. The van der Waals surface area contributed by atoms with Crippen LogP contribution < -0.4 is 0 Å². The van der Waals surface area contributed by atoms with E-state index in [1.807, 2.05) is 0 Å². The third-order valence-electron chi connectivity index (χ3n) is 0. The summed E-state index contributed by atoms with van der Waals surface area (Å²) in [4.78, 5) is 0. The fourth-order valence-electron chi connectivity index (χ4n) is 0. The molecule has 0 rings (SSSR count). The van der Waals surface area contributed by atoms with Crippen LogP contribution in [-0.2, 0) is 0 Å². The minimum atomic E-state index is 0. The molecule has 0 bridgehead atoms. The first kappa shape index (κ1) is 38.7. The number of rotatable bonds is 0. The molecule has 0 nitrogen and oxygen atoms in total. The van der Waals surface area contributed by atoms with E-state index in [0.29, 0.717) is 0 Å². The molecule has 0 saturated heterocycles. The van der Waals surface area contributed by atoms with Crippen molar-refractivity contribution in [3.05, 3.63) is 0 Å². The van der Waals surface area contributed by atoms with E-state index < -0.39 is 0 Å². The fourth-order valence-corrected chi connectivity index (χ4v) is 0. The molecule has 0 aliphatic carbocycles. The predicted octanol–water partition coefficient (Wildman–Crippen LogP) is -5.12. The van der Waals surface area contributed by atoms with Crippen molar-refractivity contribution in [2.75, 3.05) is 0 Å². The van der Waals surface area contributed by atoms with Crippen molar-refractivity contribution in [1.82, 2.24) is 0 Å². The van der Waals surface area contributed by atoms with Crippen molar-refractivity contribution < 1.29 is 0 Å². The van der Waals surface area contributed by atoms with Gasteiger partial charge < -0.3 is 0 Å². The molecule has 0 aromatic carbocycles. The van der Waals surface area contributed by atoms with Gasteiger partial charge in [0.25, 0.3) is 0 Å². The molecule has 0 atom stereocenters. The van der Waals surface area contributed by atoms with Crippen LogP contribution >= 0.6 is 0 Å². The van der Waals surface area contributed by atoms with Gasteiger partial charge in [-0.25, -0.2) is 0 Å². The van der Waals surface area contributed by atoms with Crippen LogP contribution in [0.3, 0.4) is 0 Å². The van der Waals surface area contributed by atoms with Gasteiger partial charge in [0.05, 0.1) is 0 Å². The van der Waals surface area contributed by atoms with Crippen LogP contribution in [-0.4, -0.2) is 109 Å². The van der Waals surface area contributed by atoms with E-state index in [-0.39, 0.29) is 109 Å². The first-order chi connectivity index (χ1) is 0. The average Bonchev–Trinajstić information content (AvgIpc) is 0. The van der Waals surface area contributed by atoms with E-state index in [0.717, 1.165) is 0 Å². The Morgan fingerprint density at radius 3 is 0.400 bits per heavy atom. The molecule has 0 N–H and O–H groups in total. The minimum Gasteiger partial charge on any atom is 0 e. The molecule has 0 aliphatic heterocycles. The van der Waals surface area contributed by atoms with E-state index >= 15 is 0 Å². The predicted molar refractivity (Wildman–Crippen MR) is 45.5 cm³/mol. The molecule has 0 aromatic rings. The van der Waals surface area contributed by atoms with Gasteiger partial charge in [-0.1, -0.05) is 0 Å². The van der Waals surface area contributed by atoms with E-state index in [4.69, 9.17) is 0 Å². The summed E-state index contributed by atoms with van der Waals surface area (Å²) in [6.07, 6.45) is 0. The maximum atomic E-state index is 0. The Kier molecular flexibility index (Phi) is 199. The van der Waals surface area contributed by atoms with Crippen LogP contribution in [0.25, 0.3) is 0 Å². The maximum Gasteiger partial charge on any atom is 0 e. The molecule has 0 amide bonds. The summed E-state index contributed by atoms with van der Waals surface area (Å²) in [7, 11) is 0. The van der Waals surface area contributed by atoms with Gasteiger partial charge in [-0.3, -0.25) is 0 Å². The molecular weight excluding hydrogens is 302 g/mol. The minimum absolute atomic E-state index is 0. The van der Waals surface area contributed by atoms with Crippen molar-refractivity contribution in [3.63, 3.8) is 0 Å². The van der Waals surface area contributed by atoms with Gasteiger partial charge in [0.15, 0.2) is 0 Å². The van der Waals surface area contributed by atoms with Crippen LogP contribution in [0.4, 0.5) is 0 Å². The molecular formula is H12Ga4Na. The Morgan fingerprint density at radius 2 is 0.400 bits per heavy atom. The monoisotopic (exact) mass is 311 g/mol. The average molecular weight is 314 g/mol.